The molecule has 0 fully saturated rings. The summed E-state index contributed by atoms with van der Waals surface area (Å²) in [6.45, 7) is 0.442. The Bertz CT molecular complexity index is 322. The highest BCUT2D eigenvalue weighted by molar-refractivity contribution is 6.12. The van der Waals surface area contributed by atoms with E-state index < -0.39 is 17.7 Å². The third-order valence-corrected chi connectivity index (χ3v) is 2.00. The van der Waals surface area contributed by atoms with Crippen molar-refractivity contribution in [2.24, 2.45) is 0 Å². The lowest BCUT2D eigenvalue weighted by atomic mass is 10.6. The van der Waals surface area contributed by atoms with Crippen molar-refractivity contribution in [3.63, 3.8) is 0 Å². The van der Waals surface area contributed by atoms with E-state index in [1.54, 1.807) is 0 Å². The second-order valence-corrected chi connectivity index (χ2v) is 3.24. The van der Waals surface area contributed by atoms with E-state index >= 15 is 0 Å². The van der Waals surface area contributed by atoms with Gasteiger partial charge in [0.15, 0.2) is 0 Å². The van der Waals surface area contributed by atoms with Crippen LogP contribution in [0.3, 0.4) is 0 Å². The number of hydrogen-bond donors (Lipinski definition) is 1. The fourth-order valence-electron chi connectivity index (χ4n) is 1.11. The Morgan fingerprint density at radius 2 is 1.94 bits per heavy atom. The van der Waals surface area contributed by atoms with Crippen molar-refractivity contribution in [3.05, 3.63) is 12.2 Å². The predicted molar refractivity (Wildman–Crippen MR) is 56.7 cm³/mol. The Balaban J connectivity index is 2.16. The first kappa shape index (κ1) is 13.3. The number of carbonyl (C=O) groups is 3. The van der Waals surface area contributed by atoms with E-state index in [1.807, 2.05) is 0 Å². The van der Waals surface area contributed by atoms with E-state index in [0.717, 1.165) is 17.1 Å². The number of amides is 3. The van der Waals surface area contributed by atoms with Gasteiger partial charge in [0.1, 0.15) is 13.3 Å². The smallest absolute Gasteiger partial charge is 0.255 e. The van der Waals surface area contributed by atoms with Crippen LogP contribution in [-0.4, -0.2) is 56.2 Å². The van der Waals surface area contributed by atoms with E-state index in [-0.39, 0.29) is 13.3 Å². The summed E-state index contributed by atoms with van der Waals surface area (Å²) in [5.74, 6) is -1.26. The minimum Gasteiger partial charge on any atom is -0.382 e. The van der Waals surface area contributed by atoms with Crippen LogP contribution < -0.4 is 5.32 Å². The zero-order valence-corrected chi connectivity index (χ0v) is 9.47. The van der Waals surface area contributed by atoms with Crippen LogP contribution in [0.5, 0.6) is 0 Å². The minimum absolute atomic E-state index is 0.132. The van der Waals surface area contributed by atoms with Gasteiger partial charge in [-0.25, -0.2) is 0 Å². The van der Waals surface area contributed by atoms with Crippen LogP contribution in [0.25, 0.3) is 0 Å². The summed E-state index contributed by atoms with van der Waals surface area (Å²) in [5, 5.41) is 2.40. The number of rotatable bonds is 7. The lowest BCUT2D eigenvalue weighted by molar-refractivity contribution is -0.138. The van der Waals surface area contributed by atoms with Crippen molar-refractivity contribution in [3.8, 4) is 0 Å². The first-order chi connectivity index (χ1) is 8.15. The maximum Gasteiger partial charge on any atom is 0.255 e. The molecule has 0 aromatic heterocycles. The monoisotopic (exact) mass is 242 g/mol. The lowest BCUT2D eigenvalue weighted by Crippen LogP contribution is -2.42. The summed E-state index contributed by atoms with van der Waals surface area (Å²) in [6, 6.07) is 0. The van der Waals surface area contributed by atoms with Crippen molar-refractivity contribution < 1.29 is 23.9 Å². The molecule has 3 amide bonds. The molecule has 94 valence electrons. The number of hydrogen-bond acceptors (Lipinski definition) is 5. The molecule has 0 aromatic rings. The summed E-state index contributed by atoms with van der Waals surface area (Å²) in [7, 11) is 1.53. The molecule has 1 aliphatic rings. The summed E-state index contributed by atoms with van der Waals surface area (Å²) in [5.41, 5.74) is 0. The van der Waals surface area contributed by atoms with E-state index in [1.165, 1.54) is 7.11 Å². The molecule has 7 heteroatoms. The third kappa shape index (κ3) is 4.33. The molecule has 0 aromatic carbocycles. The molecule has 1 heterocycles. The fraction of sp³-hybridized carbons (Fsp3) is 0.500. The highest BCUT2D eigenvalue weighted by atomic mass is 16.5. The number of methoxy groups -OCH3 is 1. The van der Waals surface area contributed by atoms with Gasteiger partial charge in [0.05, 0.1) is 13.2 Å². The standard InChI is InChI=1S/C10H14N2O5/c1-16-4-5-17-6-8(13)11-7-12-9(14)2-3-10(12)15/h2-3H,4-7H2,1H3,(H,11,13). The van der Waals surface area contributed by atoms with Gasteiger partial charge in [0.25, 0.3) is 11.8 Å². The van der Waals surface area contributed by atoms with Crippen molar-refractivity contribution in [2.75, 3.05) is 33.6 Å². The van der Waals surface area contributed by atoms with E-state index in [0.29, 0.717) is 13.2 Å². The van der Waals surface area contributed by atoms with Crippen molar-refractivity contribution >= 4 is 17.7 Å². The molecule has 0 atom stereocenters. The average molecular weight is 242 g/mol. The van der Waals surface area contributed by atoms with Crippen molar-refractivity contribution in [1.82, 2.24) is 10.2 Å². The maximum atomic E-state index is 11.2. The van der Waals surface area contributed by atoms with Gasteiger partial charge in [0, 0.05) is 19.3 Å². The first-order valence-electron chi connectivity index (χ1n) is 5.02. The first-order valence-corrected chi connectivity index (χ1v) is 5.02. The fourth-order valence-corrected chi connectivity index (χ4v) is 1.11. The van der Waals surface area contributed by atoms with Crippen LogP contribution in [-0.2, 0) is 23.9 Å². The normalized spacial score (nSPS) is 14.5. The van der Waals surface area contributed by atoms with Gasteiger partial charge in [-0.05, 0) is 0 Å². The zero-order valence-electron chi connectivity index (χ0n) is 9.47. The third-order valence-electron chi connectivity index (χ3n) is 2.00. The van der Waals surface area contributed by atoms with E-state index in [4.69, 9.17) is 9.47 Å². The Morgan fingerprint density at radius 3 is 2.53 bits per heavy atom. The molecule has 0 saturated carbocycles. The summed E-state index contributed by atoms with van der Waals surface area (Å²) in [4.78, 5) is 34.4. The zero-order chi connectivity index (χ0) is 12.7. The number of nitrogens with one attached hydrogen (secondary N) is 1. The van der Waals surface area contributed by atoms with Crippen LogP contribution in [0.1, 0.15) is 0 Å². The topological polar surface area (TPSA) is 84.9 Å². The SMILES string of the molecule is COCCOCC(=O)NCN1C(=O)C=CC1=O. The molecule has 0 unspecified atom stereocenters. The summed E-state index contributed by atoms with van der Waals surface area (Å²) in [6.07, 6.45) is 2.31. The van der Waals surface area contributed by atoms with Crippen molar-refractivity contribution in [2.45, 2.75) is 0 Å². The van der Waals surface area contributed by atoms with Gasteiger partial charge in [-0.15, -0.1) is 0 Å². The molecular formula is C10H14N2O5. The van der Waals surface area contributed by atoms with Crippen molar-refractivity contribution in [1.29, 1.82) is 0 Å². The Hall–Kier alpha value is -1.73. The molecule has 0 aliphatic carbocycles. The molecule has 0 radical (unpaired) electrons. The van der Waals surface area contributed by atoms with Crippen LogP contribution in [0.4, 0.5) is 0 Å². The maximum absolute atomic E-state index is 11.2. The highest BCUT2D eigenvalue weighted by Gasteiger charge is 2.23. The van der Waals surface area contributed by atoms with Gasteiger partial charge in [-0.2, -0.15) is 0 Å². The van der Waals surface area contributed by atoms with Gasteiger partial charge in [-0.3, -0.25) is 19.3 Å². The van der Waals surface area contributed by atoms with Crippen LogP contribution in [0.15, 0.2) is 12.2 Å². The van der Waals surface area contributed by atoms with Crippen LogP contribution >= 0.6 is 0 Å². The minimum atomic E-state index is -0.435. The molecule has 7 nitrogen and oxygen atoms in total. The number of imide groups is 1. The van der Waals surface area contributed by atoms with E-state index in [2.05, 4.69) is 5.32 Å². The van der Waals surface area contributed by atoms with Gasteiger partial charge in [0.2, 0.25) is 5.91 Å². The lowest BCUT2D eigenvalue weighted by Gasteiger charge is -2.14. The Labute approximate surface area is 98.3 Å². The van der Waals surface area contributed by atoms with Gasteiger partial charge >= 0.3 is 0 Å². The average Bonchev–Trinajstić information content (AvgIpc) is 2.62. The number of ether oxygens (including phenoxy) is 2. The number of carbonyl (C=O) groups excluding carboxylic acids is 3. The summed E-state index contributed by atoms with van der Waals surface area (Å²) < 4.78 is 9.69. The molecule has 1 N–H and O–H groups in total. The van der Waals surface area contributed by atoms with Gasteiger partial charge in [-0.1, -0.05) is 0 Å². The molecule has 0 saturated heterocycles. The largest absolute Gasteiger partial charge is 0.382 e. The summed E-state index contributed by atoms with van der Waals surface area (Å²) >= 11 is 0. The molecule has 1 rings (SSSR count). The van der Waals surface area contributed by atoms with Crippen LogP contribution in [0, 0.1) is 0 Å². The second-order valence-electron chi connectivity index (χ2n) is 3.24. The predicted octanol–water partition coefficient (Wildman–Crippen LogP) is -1.35. The Kier molecular flexibility index (Phi) is 5.31. The Morgan fingerprint density at radius 1 is 1.29 bits per heavy atom. The molecule has 0 spiro atoms. The highest BCUT2D eigenvalue weighted by Crippen LogP contribution is 2.00. The molecule has 1 aliphatic heterocycles. The van der Waals surface area contributed by atoms with Crippen LogP contribution in [0.2, 0.25) is 0 Å². The van der Waals surface area contributed by atoms with Gasteiger partial charge < -0.3 is 14.8 Å². The number of nitrogens with zero attached hydrogens (tertiary/aromatic N) is 1. The molecule has 0 bridgehead atoms. The van der Waals surface area contributed by atoms with E-state index in [9.17, 15) is 14.4 Å². The molecular weight excluding hydrogens is 228 g/mol. The molecule has 17 heavy (non-hydrogen) atoms. The quantitative estimate of drug-likeness (QED) is 0.440. The second kappa shape index (κ2) is 6.77.